The lowest BCUT2D eigenvalue weighted by molar-refractivity contribution is 0.108. The quantitative estimate of drug-likeness (QED) is 0.752. The maximum Gasteiger partial charge on any atom is 0.00106 e. The zero-order valence-electron chi connectivity index (χ0n) is 13.4. The number of piperidine rings is 2. The number of rotatable bonds is 5. The fraction of sp³-hybridized carbons (Fsp3) is 1.00. The molecule has 0 aliphatic carbocycles. The Morgan fingerprint density at radius 3 is 2.00 bits per heavy atom. The molecule has 2 fully saturated rings. The molecule has 2 nitrogen and oxygen atoms in total. The standard InChI is InChI=1S/C17H34N2/c1-4-9-18-10-5-16(6-11-18)14-19-12-7-17(8-13-19)15(2)3/h15-17H,4-14H2,1-3H3. The van der Waals surface area contributed by atoms with Crippen LogP contribution in [0.5, 0.6) is 0 Å². The van der Waals surface area contributed by atoms with Gasteiger partial charge in [-0.3, -0.25) is 0 Å². The van der Waals surface area contributed by atoms with E-state index in [0.29, 0.717) is 0 Å². The second-order valence-electron chi connectivity index (χ2n) is 7.17. The highest BCUT2D eigenvalue weighted by molar-refractivity contribution is 4.79. The van der Waals surface area contributed by atoms with Crippen molar-refractivity contribution in [3.63, 3.8) is 0 Å². The molecule has 0 aromatic rings. The molecule has 0 amide bonds. The van der Waals surface area contributed by atoms with Crippen molar-refractivity contribution in [3.8, 4) is 0 Å². The van der Waals surface area contributed by atoms with Crippen LogP contribution in [0.25, 0.3) is 0 Å². The van der Waals surface area contributed by atoms with E-state index in [-0.39, 0.29) is 0 Å². The van der Waals surface area contributed by atoms with Gasteiger partial charge in [0.25, 0.3) is 0 Å². The van der Waals surface area contributed by atoms with Crippen LogP contribution in [0, 0.1) is 17.8 Å². The van der Waals surface area contributed by atoms with Gasteiger partial charge in [-0.05, 0) is 82.6 Å². The first-order valence-corrected chi connectivity index (χ1v) is 8.63. The first-order chi connectivity index (χ1) is 9.19. The third-order valence-corrected chi connectivity index (χ3v) is 5.34. The van der Waals surface area contributed by atoms with Crippen molar-refractivity contribution in [2.24, 2.45) is 17.8 Å². The Labute approximate surface area is 120 Å². The van der Waals surface area contributed by atoms with Gasteiger partial charge in [0.15, 0.2) is 0 Å². The third-order valence-electron chi connectivity index (χ3n) is 5.34. The van der Waals surface area contributed by atoms with Gasteiger partial charge in [-0.1, -0.05) is 20.8 Å². The monoisotopic (exact) mass is 266 g/mol. The van der Waals surface area contributed by atoms with E-state index in [4.69, 9.17) is 0 Å². The van der Waals surface area contributed by atoms with Crippen molar-refractivity contribution in [2.75, 3.05) is 39.3 Å². The van der Waals surface area contributed by atoms with Crippen molar-refractivity contribution < 1.29 is 0 Å². The normalized spacial score (nSPS) is 25.3. The van der Waals surface area contributed by atoms with Gasteiger partial charge in [0, 0.05) is 6.54 Å². The molecule has 2 rings (SSSR count). The second kappa shape index (κ2) is 7.64. The van der Waals surface area contributed by atoms with Gasteiger partial charge in [0.1, 0.15) is 0 Å². The van der Waals surface area contributed by atoms with Crippen LogP contribution in [0.15, 0.2) is 0 Å². The summed E-state index contributed by atoms with van der Waals surface area (Å²) in [6, 6.07) is 0. The predicted octanol–water partition coefficient (Wildman–Crippen LogP) is 3.48. The fourth-order valence-electron chi connectivity index (χ4n) is 3.88. The Kier molecular flexibility index (Phi) is 6.15. The van der Waals surface area contributed by atoms with Crippen molar-refractivity contribution in [2.45, 2.75) is 52.9 Å². The van der Waals surface area contributed by atoms with Gasteiger partial charge in [0.05, 0.1) is 0 Å². The Morgan fingerprint density at radius 2 is 1.47 bits per heavy atom. The first-order valence-electron chi connectivity index (χ1n) is 8.63. The van der Waals surface area contributed by atoms with Gasteiger partial charge in [-0.25, -0.2) is 0 Å². The summed E-state index contributed by atoms with van der Waals surface area (Å²) in [6.45, 7) is 15.2. The Morgan fingerprint density at radius 1 is 0.895 bits per heavy atom. The smallest absolute Gasteiger partial charge is 0.00106 e. The van der Waals surface area contributed by atoms with Crippen molar-refractivity contribution in [1.82, 2.24) is 9.80 Å². The molecule has 0 N–H and O–H groups in total. The third kappa shape index (κ3) is 4.75. The topological polar surface area (TPSA) is 6.48 Å². The number of hydrogen-bond donors (Lipinski definition) is 0. The Balaban J connectivity index is 1.64. The van der Waals surface area contributed by atoms with Crippen LogP contribution >= 0.6 is 0 Å². The van der Waals surface area contributed by atoms with E-state index in [1.807, 2.05) is 0 Å². The molecule has 19 heavy (non-hydrogen) atoms. The minimum atomic E-state index is 0.888. The molecular formula is C17H34N2. The molecular weight excluding hydrogens is 232 g/mol. The van der Waals surface area contributed by atoms with Crippen LogP contribution in [0.4, 0.5) is 0 Å². The van der Waals surface area contributed by atoms with E-state index in [0.717, 1.165) is 17.8 Å². The van der Waals surface area contributed by atoms with Crippen LogP contribution in [-0.2, 0) is 0 Å². The van der Waals surface area contributed by atoms with Gasteiger partial charge in [-0.15, -0.1) is 0 Å². The average Bonchev–Trinajstić information content (AvgIpc) is 2.42. The van der Waals surface area contributed by atoms with Crippen LogP contribution in [-0.4, -0.2) is 49.1 Å². The van der Waals surface area contributed by atoms with E-state index in [9.17, 15) is 0 Å². The molecule has 2 aliphatic heterocycles. The minimum absolute atomic E-state index is 0.888. The summed E-state index contributed by atoms with van der Waals surface area (Å²) >= 11 is 0. The molecule has 2 heterocycles. The molecule has 0 atom stereocenters. The molecule has 2 aliphatic rings. The minimum Gasteiger partial charge on any atom is -0.303 e. The molecule has 0 aromatic heterocycles. The molecule has 0 spiro atoms. The van der Waals surface area contributed by atoms with Crippen LogP contribution in [0.3, 0.4) is 0 Å². The Hall–Kier alpha value is -0.0800. The van der Waals surface area contributed by atoms with Crippen LogP contribution in [0.1, 0.15) is 52.9 Å². The molecule has 0 saturated carbocycles. The molecule has 2 saturated heterocycles. The number of likely N-dealkylation sites (tertiary alicyclic amines) is 2. The summed E-state index contributed by atoms with van der Waals surface area (Å²) in [4.78, 5) is 5.40. The summed E-state index contributed by atoms with van der Waals surface area (Å²) < 4.78 is 0. The lowest BCUT2D eigenvalue weighted by Crippen LogP contribution is -2.42. The first kappa shape index (κ1) is 15.3. The van der Waals surface area contributed by atoms with Crippen molar-refractivity contribution >= 4 is 0 Å². The highest BCUT2D eigenvalue weighted by Gasteiger charge is 2.25. The number of hydrogen-bond acceptors (Lipinski definition) is 2. The summed E-state index contributed by atoms with van der Waals surface area (Å²) in [6.07, 6.45) is 7.06. The zero-order valence-corrected chi connectivity index (χ0v) is 13.4. The molecule has 0 aromatic carbocycles. The van der Waals surface area contributed by atoms with Gasteiger partial charge in [0.2, 0.25) is 0 Å². The maximum atomic E-state index is 2.75. The zero-order chi connectivity index (χ0) is 13.7. The largest absolute Gasteiger partial charge is 0.303 e. The van der Waals surface area contributed by atoms with Gasteiger partial charge >= 0.3 is 0 Å². The van der Waals surface area contributed by atoms with E-state index >= 15 is 0 Å². The SMILES string of the molecule is CCCN1CCC(CN2CCC(C(C)C)CC2)CC1. The van der Waals surface area contributed by atoms with Crippen LogP contribution in [0.2, 0.25) is 0 Å². The van der Waals surface area contributed by atoms with Crippen molar-refractivity contribution in [3.05, 3.63) is 0 Å². The highest BCUT2D eigenvalue weighted by atomic mass is 15.1. The molecule has 2 heteroatoms. The van der Waals surface area contributed by atoms with E-state index in [1.54, 1.807) is 0 Å². The average molecular weight is 266 g/mol. The predicted molar refractivity (Wildman–Crippen MR) is 83.5 cm³/mol. The summed E-state index contributed by atoms with van der Waals surface area (Å²) in [5, 5.41) is 0. The second-order valence-corrected chi connectivity index (χ2v) is 7.17. The van der Waals surface area contributed by atoms with Crippen LogP contribution < -0.4 is 0 Å². The number of nitrogens with zero attached hydrogens (tertiary/aromatic N) is 2. The molecule has 0 unspecified atom stereocenters. The Bertz CT molecular complexity index is 236. The van der Waals surface area contributed by atoms with Gasteiger partial charge < -0.3 is 9.80 Å². The highest BCUT2D eigenvalue weighted by Crippen LogP contribution is 2.26. The van der Waals surface area contributed by atoms with E-state index in [1.165, 1.54) is 71.4 Å². The van der Waals surface area contributed by atoms with E-state index < -0.39 is 0 Å². The summed E-state index contributed by atoms with van der Waals surface area (Å²) in [7, 11) is 0. The fourth-order valence-corrected chi connectivity index (χ4v) is 3.88. The molecule has 0 bridgehead atoms. The lowest BCUT2D eigenvalue weighted by atomic mass is 9.86. The van der Waals surface area contributed by atoms with Gasteiger partial charge in [-0.2, -0.15) is 0 Å². The van der Waals surface area contributed by atoms with E-state index in [2.05, 4.69) is 30.6 Å². The summed E-state index contributed by atoms with van der Waals surface area (Å²) in [5.74, 6) is 2.85. The summed E-state index contributed by atoms with van der Waals surface area (Å²) in [5.41, 5.74) is 0. The van der Waals surface area contributed by atoms with Crippen molar-refractivity contribution in [1.29, 1.82) is 0 Å². The molecule has 0 radical (unpaired) electrons. The lowest BCUT2D eigenvalue weighted by Gasteiger charge is -2.38. The maximum absolute atomic E-state index is 2.75. The molecule has 112 valence electrons.